The van der Waals surface area contributed by atoms with Gasteiger partial charge in [-0.1, -0.05) is 0 Å². The van der Waals surface area contributed by atoms with Crippen molar-refractivity contribution < 1.29 is 18.7 Å². The smallest absolute Gasteiger partial charge is 0.410 e. The topological polar surface area (TPSA) is 83.1 Å². The Hall–Kier alpha value is -2.20. The Morgan fingerprint density at radius 3 is 2.62 bits per heavy atom. The summed E-state index contributed by atoms with van der Waals surface area (Å²) >= 11 is 0. The molecule has 2 fully saturated rings. The number of aromatic nitrogens is 2. The van der Waals surface area contributed by atoms with E-state index < -0.39 is 11.8 Å². The average Bonchev–Trinajstić information content (AvgIpc) is 3.07. The maximum Gasteiger partial charge on any atom is 0.410 e. The highest BCUT2D eigenvalue weighted by Gasteiger charge is 2.31. The van der Waals surface area contributed by atoms with Crippen LogP contribution >= 0.6 is 0 Å². The van der Waals surface area contributed by atoms with E-state index in [9.17, 15) is 9.18 Å². The number of alkyl halides is 1. The largest absolute Gasteiger partial charge is 0.462 e. The maximum absolute atomic E-state index is 13.7. The Kier molecular flexibility index (Phi) is 6.71. The van der Waals surface area contributed by atoms with Gasteiger partial charge in [-0.25, -0.2) is 9.18 Å². The van der Waals surface area contributed by atoms with E-state index in [1.54, 1.807) is 4.90 Å². The van der Waals surface area contributed by atoms with E-state index in [0.29, 0.717) is 58.3 Å². The highest BCUT2D eigenvalue weighted by Crippen LogP contribution is 2.28. The third-order valence-corrected chi connectivity index (χ3v) is 6.17. The number of hydrogen-bond acceptors (Lipinski definition) is 8. The van der Waals surface area contributed by atoms with Gasteiger partial charge in [-0.2, -0.15) is 9.97 Å². The fraction of sp³-hybridized carbons (Fsp3) is 0.773. The molecular weight excluding hydrogens is 415 g/mol. The van der Waals surface area contributed by atoms with Crippen molar-refractivity contribution in [1.82, 2.24) is 25.1 Å². The lowest BCUT2D eigenvalue weighted by molar-refractivity contribution is 0.0240. The molecule has 1 amide bonds. The molecule has 10 heteroatoms. The van der Waals surface area contributed by atoms with Gasteiger partial charge in [0.15, 0.2) is 0 Å². The van der Waals surface area contributed by atoms with Gasteiger partial charge in [0, 0.05) is 50.9 Å². The molecule has 3 aliphatic rings. The van der Waals surface area contributed by atoms with Gasteiger partial charge < -0.3 is 24.6 Å². The molecule has 1 aromatic heterocycles. The Balaban J connectivity index is 1.45. The number of nitrogens with zero attached hydrogens (tertiary/aromatic N) is 5. The van der Waals surface area contributed by atoms with Crippen molar-refractivity contribution in [2.75, 3.05) is 57.8 Å². The summed E-state index contributed by atoms with van der Waals surface area (Å²) in [5, 5.41) is 3.36. The SMILES string of the molecule is CN1C[C@H](F)C[C@H]1COc1nc2c(c(N3CCN(C(=O)OC(C)(C)C)CC3)n1)CCNC2. The fourth-order valence-electron chi connectivity index (χ4n) is 4.45. The van der Waals surface area contributed by atoms with Gasteiger partial charge in [0.1, 0.15) is 24.2 Å². The molecule has 0 unspecified atom stereocenters. The highest BCUT2D eigenvalue weighted by atomic mass is 19.1. The first-order chi connectivity index (χ1) is 15.2. The number of amides is 1. The zero-order valence-corrected chi connectivity index (χ0v) is 19.6. The highest BCUT2D eigenvalue weighted by molar-refractivity contribution is 5.68. The summed E-state index contributed by atoms with van der Waals surface area (Å²) in [6.07, 6.45) is 0.246. The molecule has 0 radical (unpaired) electrons. The molecule has 3 aliphatic heterocycles. The second kappa shape index (κ2) is 9.35. The maximum atomic E-state index is 13.7. The van der Waals surface area contributed by atoms with Crippen LogP contribution in [-0.4, -0.2) is 96.6 Å². The van der Waals surface area contributed by atoms with Gasteiger partial charge in [0.05, 0.1) is 5.69 Å². The normalized spacial score (nSPS) is 24.4. The Bertz CT molecular complexity index is 825. The van der Waals surface area contributed by atoms with Crippen LogP contribution in [0.2, 0.25) is 0 Å². The van der Waals surface area contributed by atoms with Crippen molar-refractivity contribution in [2.45, 2.75) is 58.0 Å². The van der Waals surface area contributed by atoms with Crippen LogP contribution in [0.4, 0.5) is 15.0 Å². The molecule has 0 aromatic carbocycles. The predicted molar refractivity (Wildman–Crippen MR) is 119 cm³/mol. The van der Waals surface area contributed by atoms with Crippen molar-refractivity contribution in [3.05, 3.63) is 11.3 Å². The number of piperazine rings is 1. The van der Waals surface area contributed by atoms with E-state index in [0.717, 1.165) is 30.0 Å². The van der Waals surface area contributed by atoms with Crippen molar-refractivity contribution in [1.29, 1.82) is 0 Å². The van der Waals surface area contributed by atoms with Gasteiger partial charge in [-0.3, -0.25) is 4.90 Å². The molecule has 0 saturated carbocycles. The van der Waals surface area contributed by atoms with Gasteiger partial charge in [-0.15, -0.1) is 0 Å². The number of ether oxygens (including phenoxy) is 2. The van der Waals surface area contributed by atoms with Gasteiger partial charge >= 0.3 is 12.1 Å². The van der Waals surface area contributed by atoms with Crippen molar-refractivity contribution in [3.8, 4) is 6.01 Å². The molecule has 4 heterocycles. The standard InChI is InChI=1S/C22H35FN6O3/c1-22(2,3)32-21(30)29-9-7-28(8-10-29)19-17-5-6-24-12-18(17)25-20(26-19)31-14-16-11-15(23)13-27(16)4/h15-16,24H,5-14H2,1-4H3/t15-,16+/m1/s1. The zero-order valence-electron chi connectivity index (χ0n) is 19.6. The number of fused-ring (bicyclic) bond motifs is 1. The molecule has 1 aromatic rings. The second-order valence-corrected chi connectivity index (χ2v) is 9.87. The molecule has 2 atom stereocenters. The predicted octanol–water partition coefficient (Wildman–Crippen LogP) is 1.60. The first-order valence-corrected chi connectivity index (χ1v) is 11.5. The number of nitrogens with one attached hydrogen (secondary N) is 1. The molecular formula is C22H35FN6O3. The monoisotopic (exact) mass is 450 g/mol. The van der Waals surface area contributed by atoms with E-state index in [1.165, 1.54) is 0 Å². The summed E-state index contributed by atoms with van der Waals surface area (Å²) in [6, 6.07) is 0.372. The lowest BCUT2D eigenvalue weighted by Crippen LogP contribution is -2.50. The summed E-state index contributed by atoms with van der Waals surface area (Å²) in [4.78, 5) is 27.7. The molecule has 0 aliphatic carbocycles. The van der Waals surface area contributed by atoms with E-state index in [4.69, 9.17) is 14.5 Å². The summed E-state index contributed by atoms with van der Waals surface area (Å²) in [5.41, 5.74) is 1.59. The molecule has 32 heavy (non-hydrogen) atoms. The van der Waals surface area contributed by atoms with Crippen LogP contribution in [0.25, 0.3) is 0 Å². The molecule has 178 valence electrons. The average molecular weight is 451 g/mol. The minimum atomic E-state index is -0.806. The van der Waals surface area contributed by atoms with Crippen LogP contribution < -0.4 is 15.0 Å². The fourth-order valence-corrected chi connectivity index (χ4v) is 4.45. The van der Waals surface area contributed by atoms with Crippen LogP contribution in [0, 0.1) is 0 Å². The summed E-state index contributed by atoms with van der Waals surface area (Å²) in [6.45, 7) is 10.5. The summed E-state index contributed by atoms with van der Waals surface area (Å²) in [5.74, 6) is 0.887. The van der Waals surface area contributed by atoms with Crippen LogP contribution in [0.1, 0.15) is 38.4 Å². The quantitative estimate of drug-likeness (QED) is 0.741. The first-order valence-electron chi connectivity index (χ1n) is 11.5. The second-order valence-electron chi connectivity index (χ2n) is 9.87. The number of likely N-dealkylation sites (N-methyl/N-ethyl adjacent to an activating group) is 1. The lowest BCUT2D eigenvalue weighted by Gasteiger charge is -2.37. The van der Waals surface area contributed by atoms with Crippen molar-refractivity contribution >= 4 is 11.9 Å². The number of carbonyl (C=O) groups excluding carboxylic acids is 1. The van der Waals surface area contributed by atoms with Crippen LogP contribution in [0.5, 0.6) is 6.01 Å². The third kappa shape index (κ3) is 5.40. The van der Waals surface area contributed by atoms with Crippen molar-refractivity contribution in [2.24, 2.45) is 0 Å². The molecule has 1 N–H and O–H groups in total. The number of carbonyl (C=O) groups is 1. The van der Waals surface area contributed by atoms with E-state index in [-0.39, 0.29) is 12.1 Å². The minimum absolute atomic E-state index is 0.0311. The number of hydrogen-bond donors (Lipinski definition) is 1. The lowest BCUT2D eigenvalue weighted by atomic mass is 10.1. The number of halogens is 1. The number of rotatable bonds is 4. The minimum Gasteiger partial charge on any atom is -0.462 e. The summed E-state index contributed by atoms with van der Waals surface area (Å²) < 4.78 is 25.1. The van der Waals surface area contributed by atoms with Gasteiger partial charge in [-0.05, 0) is 47.2 Å². The number of anilines is 1. The van der Waals surface area contributed by atoms with E-state index in [1.807, 2.05) is 32.7 Å². The third-order valence-electron chi connectivity index (χ3n) is 6.17. The molecule has 0 bridgehead atoms. The van der Waals surface area contributed by atoms with Gasteiger partial charge in [0.25, 0.3) is 0 Å². The first kappa shape index (κ1) is 23.0. The number of likely N-dealkylation sites (tertiary alicyclic amines) is 1. The Morgan fingerprint density at radius 1 is 1.22 bits per heavy atom. The zero-order chi connectivity index (χ0) is 22.9. The molecule has 0 spiro atoms. The molecule has 9 nitrogen and oxygen atoms in total. The van der Waals surface area contributed by atoms with Crippen molar-refractivity contribution in [3.63, 3.8) is 0 Å². The van der Waals surface area contributed by atoms with Crippen LogP contribution in [0.3, 0.4) is 0 Å². The van der Waals surface area contributed by atoms with E-state index >= 15 is 0 Å². The Morgan fingerprint density at radius 2 is 1.97 bits per heavy atom. The van der Waals surface area contributed by atoms with E-state index in [2.05, 4.69) is 15.2 Å². The molecule has 4 rings (SSSR count). The Labute approximate surface area is 189 Å². The summed E-state index contributed by atoms with van der Waals surface area (Å²) in [7, 11) is 1.92. The van der Waals surface area contributed by atoms with Gasteiger partial charge in [0.2, 0.25) is 0 Å². The van der Waals surface area contributed by atoms with Crippen LogP contribution in [0.15, 0.2) is 0 Å². The van der Waals surface area contributed by atoms with Crippen LogP contribution in [-0.2, 0) is 17.7 Å². The molecule has 2 saturated heterocycles.